The van der Waals surface area contributed by atoms with Gasteiger partial charge in [-0.15, -0.1) is 0 Å². The molecule has 0 unspecified atom stereocenters. The maximum atomic E-state index is 13.1. The molecule has 0 aliphatic carbocycles. The molecule has 1 nitrogen and oxygen atoms in total. The summed E-state index contributed by atoms with van der Waals surface area (Å²) in [5.41, 5.74) is 0.923. The molecule has 0 fully saturated rings. The van der Waals surface area contributed by atoms with Gasteiger partial charge in [0.15, 0.2) is 0 Å². The molecule has 0 spiro atoms. The SMILES string of the molecule is CC.CNC(C)(C)Cc1ccc(Cl)c(F)c1. The molecule has 0 aliphatic heterocycles. The first-order valence-corrected chi connectivity index (χ1v) is 5.95. The van der Waals surface area contributed by atoms with Gasteiger partial charge in [-0.2, -0.15) is 0 Å². The van der Waals surface area contributed by atoms with Crippen LogP contribution in [0.25, 0.3) is 0 Å². The highest BCUT2D eigenvalue weighted by atomic mass is 35.5. The summed E-state index contributed by atoms with van der Waals surface area (Å²) in [4.78, 5) is 0. The van der Waals surface area contributed by atoms with Crippen LogP contribution >= 0.6 is 11.6 Å². The van der Waals surface area contributed by atoms with E-state index in [9.17, 15) is 4.39 Å². The van der Waals surface area contributed by atoms with Crippen LogP contribution in [0.4, 0.5) is 4.39 Å². The fourth-order valence-electron chi connectivity index (χ4n) is 1.25. The van der Waals surface area contributed by atoms with E-state index in [1.54, 1.807) is 6.07 Å². The van der Waals surface area contributed by atoms with Gasteiger partial charge in [-0.3, -0.25) is 0 Å². The van der Waals surface area contributed by atoms with Crippen molar-refractivity contribution in [2.45, 2.75) is 39.7 Å². The molecule has 16 heavy (non-hydrogen) atoms. The first kappa shape index (κ1) is 15.4. The van der Waals surface area contributed by atoms with Crippen LogP contribution in [0.5, 0.6) is 0 Å². The molecule has 0 atom stereocenters. The minimum atomic E-state index is -0.351. The fraction of sp³-hybridized carbons (Fsp3) is 0.538. The average molecular weight is 246 g/mol. The Labute approximate surface area is 103 Å². The quantitative estimate of drug-likeness (QED) is 0.847. The Morgan fingerprint density at radius 1 is 1.31 bits per heavy atom. The predicted molar refractivity (Wildman–Crippen MR) is 69.6 cm³/mol. The zero-order chi connectivity index (χ0) is 12.8. The highest BCUT2D eigenvalue weighted by Gasteiger charge is 2.15. The van der Waals surface area contributed by atoms with Crippen molar-refractivity contribution in [2.75, 3.05) is 7.05 Å². The molecule has 0 aliphatic rings. The number of hydrogen-bond donors (Lipinski definition) is 1. The van der Waals surface area contributed by atoms with Crippen molar-refractivity contribution in [1.29, 1.82) is 0 Å². The zero-order valence-electron chi connectivity index (χ0n) is 10.7. The van der Waals surface area contributed by atoms with Crippen LogP contribution in [-0.4, -0.2) is 12.6 Å². The van der Waals surface area contributed by atoms with Gasteiger partial charge >= 0.3 is 0 Å². The lowest BCUT2D eigenvalue weighted by atomic mass is 9.95. The van der Waals surface area contributed by atoms with E-state index >= 15 is 0 Å². The Balaban J connectivity index is 0.00000106. The van der Waals surface area contributed by atoms with Gasteiger partial charge in [0.2, 0.25) is 0 Å². The highest BCUT2D eigenvalue weighted by Crippen LogP contribution is 2.18. The van der Waals surface area contributed by atoms with E-state index in [4.69, 9.17) is 11.6 Å². The molecule has 0 aromatic heterocycles. The van der Waals surface area contributed by atoms with Gasteiger partial charge in [-0.25, -0.2) is 4.39 Å². The molecule has 1 aromatic rings. The molecule has 1 rings (SSSR count). The summed E-state index contributed by atoms with van der Waals surface area (Å²) in [6.45, 7) is 8.14. The van der Waals surface area contributed by atoms with Gasteiger partial charge in [0.1, 0.15) is 5.82 Å². The number of rotatable bonds is 3. The molecule has 1 N–H and O–H groups in total. The second kappa shape index (κ2) is 6.87. The van der Waals surface area contributed by atoms with E-state index in [2.05, 4.69) is 19.2 Å². The van der Waals surface area contributed by atoms with E-state index in [1.165, 1.54) is 6.07 Å². The van der Waals surface area contributed by atoms with E-state index in [1.807, 2.05) is 27.0 Å². The summed E-state index contributed by atoms with van der Waals surface area (Å²) < 4.78 is 13.1. The van der Waals surface area contributed by atoms with Crippen molar-refractivity contribution < 1.29 is 4.39 Å². The van der Waals surface area contributed by atoms with Gasteiger partial charge < -0.3 is 5.32 Å². The Morgan fingerprint density at radius 2 is 1.88 bits per heavy atom. The lowest BCUT2D eigenvalue weighted by Gasteiger charge is -2.24. The number of nitrogens with one attached hydrogen (secondary N) is 1. The molecule has 0 saturated heterocycles. The van der Waals surface area contributed by atoms with E-state index in [0.717, 1.165) is 12.0 Å². The summed E-state index contributed by atoms with van der Waals surface area (Å²) in [6.07, 6.45) is 0.775. The summed E-state index contributed by atoms with van der Waals surface area (Å²) in [5.74, 6) is -0.351. The maximum absolute atomic E-state index is 13.1. The molecular formula is C13H21ClFN. The van der Waals surface area contributed by atoms with Gasteiger partial charge in [-0.05, 0) is 45.0 Å². The Morgan fingerprint density at radius 3 is 2.31 bits per heavy atom. The van der Waals surface area contributed by atoms with Crippen LogP contribution < -0.4 is 5.32 Å². The number of halogens is 2. The smallest absolute Gasteiger partial charge is 0.142 e. The van der Waals surface area contributed by atoms with Gasteiger partial charge in [-0.1, -0.05) is 31.5 Å². The first-order valence-electron chi connectivity index (χ1n) is 5.57. The molecular weight excluding hydrogens is 225 g/mol. The third-order valence-electron chi connectivity index (χ3n) is 2.31. The van der Waals surface area contributed by atoms with Crippen LogP contribution in [0.15, 0.2) is 18.2 Å². The molecule has 92 valence electrons. The molecule has 3 heteroatoms. The number of hydrogen-bond acceptors (Lipinski definition) is 1. The molecule has 0 bridgehead atoms. The normalized spacial score (nSPS) is 10.7. The van der Waals surface area contributed by atoms with E-state index < -0.39 is 0 Å². The van der Waals surface area contributed by atoms with E-state index in [-0.39, 0.29) is 16.4 Å². The summed E-state index contributed by atoms with van der Waals surface area (Å²) in [7, 11) is 1.90. The minimum absolute atomic E-state index is 0.0275. The molecule has 1 aromatic carbocycles. The van der Waals surface area contributed by atoms with Crippen molar-refractivity contribution in [3.63, 3.8) is 0 Å². The Hall–Kier alpha value is -0.600. The van der Waals surface area contributed by atoms with Crippen molar-refractivity contribution in [1.82, 2.24) is 5.32 Å². The summed E-state index contributed by atoms with van der Waals surface area (Å²) in [5, 5.41) is 3.35. The summed E-state index contributed by atoms with van der Waals surface area (Å²) >= 11 is 5.60. The van der Waals surface area contributed by atoms with Crippen LogP contribution in [0.1, 0.15) is 33.3 Å². The minimum Gasteiger partial charge on any atom is -0.314 e. The van der Waals surface area contributed by atoms with Gasteiger partial charge in [0.05, 0.1) is 5.02 Å². The third-order valence-corrected chi connectivity index (χ3v) is 2.61. The van der Waals surface area contributed by atoms with Gasteiger partial charge in [0, 0.05) is 5.54 Å². The highest BCUT2D eigenvalue weighted by molar-refractivity contribution is 6.30. The molecule has 0 radical (unpaired) electrons. The van der Waals surface area contributed by atoms with Crippen molar-refractivity contribution >= 4 is 11.6 Å². The lowest BCUT2D eigenvalue weighted by molar-refractivity contribution is 0.421. The summed E-state index contributed by atoms with van der Waals surface area (Å²) in [6, 6.07) is 4.93. The lowest BCUT2D eigenvalue weighted by Crippen LogP contribution is -2.38. The largest absolute Gasteiger partial charge is 0.314 e. The molecule has 0 amide bonds. The monoisotopic (exact) mass is 245 g/mol. The zero-order valence-corrected chi connectivity index (χ0v) is 11.5. The Bertz CT molecular complexity index is 324. The Kier molecular flexibility index (Phi) is 6.61. The molecule has 0 saturated carbocycles. The fourth-order valence-corrected chi connectivity index (χ4v) is 1.37. The van der Waals surface area contributed by atoms with E-state index in [0.29, 0.717) is 0 Å². The van der Waals surface area contributed by atoms with Gasteiger partial charge in [0.25, 0.3) is 0 Å². The van der Waals surface area contributed by atoms with Crippen LogP contribution in [0.3, 0.4) is 0 Å². The van der Waals surface area contributed by atoms with Crippen LogP contribution in [-0.2, 0) is 6.42 Å². The number of benzene rings is 1. The first-order chi connectivity index (χ1) is 7.44. The second-order valence-electron chi connectivity index (χ2n) is 4.06. The third kappa shape index (κ3) is 4.95. The van der Waals surface area contributed by atoms with Crippen molar-refractivity contribution in [3.05, 3.63) is 34.6 Å². The standard InChI is InChI=1S/C11H15ClFN.C2H6/c1-11(2,14-3)7-8-4-5-9(12)10(13)6-8;1-2/h4-6,14H,7H2,1-3H3;1-2H3. The van der Waals surface area contributed by atoms with Crippen LogP contribution in [0, 0.1) is 5.82 Å². The van der Waals surface area contributed by atoms with Crippen molar-refractivity contribution in [2.24, 2.45) is 0 Å². The van der Waals surface area contributed by atoms with Crippen molar-refractivity contribution in [3.8, 4) is 0 Å². The topological polar surface area (TPSA) is 12.0 Å². The number of likely N-dealkylation sites (N-methyl/N-ethyl adjacent to an activating group) is 1. The predicted octanol–water partition coefficient (Wildman–Crippen LogP) is 4.05. The maximum Gasteiger partial charge on any atom is 0.142 e. The second-order valence-corrected chi connectivity index (χ2v) is 4.47. The van der Waals surface area contributed by atoms with Crippen LogP contribution in [0.2, 0.25) is 5.02 Å². The molecule has 0 heterocycles. The average Bonchev–Trinajstić information content (AvgIpc) is 2.26.